The van der Waals surface area contributed by atoms with Crippen LogP contribution in [0.3, 0.4) is 0 Å². The maximum Gasteiger partial charge on any atom is 0.417 e. The molecule has 0 spiro atoms. The van der Waals surface area contributed by atoms with E-state index in [2.05, 4.69) is 4.90 Å². The van der Waals surface area contributed by atoms with Gasteiger partial charge < -0.3 is 20.8 Å². The van der Waals surface area contributed by atoms with Crippen LogP contribution in [-0.4, -0.2) is 112 Å². The van der Waals surface area contributed by atoms with Gasteiger partial charge in [0.2, 0.25) is 5.91 Å². The highest BCUT2D eigenvalue weighted by Gasteiger charge is 2.69. The number of hydrogen-bond acceptors (Lipinski definition) is 10. The van der Waals surface area contributed by atoms with Gasteiger partial charge in [-0.1, -0.05) is 6.92 Å². The van der Waals surface area contributed by atoms with Gasteiger partial charge in [0.05, 0.1) is 23.1 Å². The van der Waals surface area contributed by atoms with E-state index >= 15 is 0 Å². The van der Waals surface area contributed by atoms with Crippen molar-refractivity contribution in [3.8, 4) is 5.75 Å². The van der Waals surface area contributed by atoms with Crippen LogP contribution >= 0.6 is 0 Å². The van der Waals surface area contributed by atoms with E-state index < -0.39 is 99.4 Å². The molecule has 0 bridgehead atoms. The van der Waals surface area contributed by atoms with Gasteiger partial charge in [-0.25, -0.2) is 0 Å². The minimum absolute atomic E-state index is 0.135. The number of nitrogens with zero attached hydrogens (tertiary/aromatic N) is 3. The lowest BCUT2D eigenvalue weighted by Crippen LogP contribution is -2.74. The van der Waals surface area contributed by atoms with Crippen molar-refractivity contribution in [2.75, 3.05) is 46.8 Å². The molecule has 4 N–H and O–H groups in total. The number of likely N-dealkylation sites (tertiary alicyclic amines) is 1. The van der Waals surface area contributed by atoms with Crippen molar-refractivity contribution < 1.29 is 47.4 Å². The SMILES string of the molecule is CCN(CCN1CCCC1)Cc1cc(O)c2c(c1C(F)(F)F)C[C@H]1C[C@H]3[C@H](N(C)C)C(=O)C(C(N)=O)C(=O)[C@@]3(O)C(=O)C1C2=O. The number of halogens is 3. The Labute approximate surface area is 258 Å². The lowest BCUT2D eigenvalue weighted by molar-refractivity contribution is -0.181. The molecule has 1 heterocycles. The first-order valence-corrected chi connectivity index (χ1v) is 15.3. The summed E-state index contributed by atoms with van der Waals surface area (Å²) < 4.78 is 44.5. The van der Waals surface area contributed by atoms with Crippen LogP contribution in [0.4, 0.5) is 13.2 Å². The highest BCUT2D eigenvalue weighted by molar-refractivity contribution is 6.32. The van der Waals surface area contributed by atoms with Crippen LogP contribution in [0.2, 0.25) is 0 Å². The van der Waals surface area contributed by atoms with Crippen LogP contribution in [0.5, 0.6) is 5.75 Å². The Morgan fingerprint density at radius 2 is 1.78 bits per heavy atom. The molecule has 14 heteroatoms. The molecule has 0 radical (unpaired) electrons. The number of benzene rings is 1. The average molecular weight is 637 g/mol. The van der Waals surface area contributed by atoms with Crippen molar-refractivity contribution in [3.05, 3.63) is 28.3 Å². The van der Waals surface area contributed by atoms with Crippen molar-refractivity contribution in [1.29, 1.82) is 0 Å². The summed E-state index contributed by atoms with van der Waals surface area (Å²) in [6, 6.07) is -0.430. The first-order chi connectivity index (χ1) is 21.0. The van der Waals surface area contributed by atoms with E-state index in [1.54, 1.807) is 0 Å². The van der Waals surface area contributed by atoms with Crippen molar-refractivity contribution >= 4 is 29.0 Å². The summed E-state index contributed by atoms with van der Waals surface area (Å²) in [7, 11) is 2.87. The third kappa shape index (κ3) is 5.38. The van der Waals surface area contributed by atoms with E-state index in [-0.39, 0.29) is 18.5 Å². The molecule has 45 heavy (non-hydrogen) atoms. The number of nitrogens with two attached hydrogens (primary N) is 1. The molecular weight excluding hydrogens is 597 g/mol. The number of amides is 1. The standard InChI is InChI=1S/C31H39F3N4O7/c1-4-37(9-10-38-7-5-6-8-38)14-16-13-19(39)21-17(23(16)31(32,33)34)11-15-12-18-24(36(2)3)26(41)22(29(35)44)28(43)30(18,45)27(42)20(15)25(21)40/h13,15,18,20,22,24,39,45H,4-12,14H2,1-3H3,(H2,35,44)/t15-,18-,20?,22?,24-,30-/m0/s1. The number of carbonyl (C=O) groups is 5. The van der Waals surface area contributed by atoms with Crippen LogP contribution in [0, 0.1) is 23.7 Å². The molecule has 6 atom stereocenters. The number of Topliss-reactive ketones (excluding diaryl/α,β-unsaturated/α-hetero) is 4. The first kappa shape index (κ1) is 33.2. The fraction of sp³-hybridized carbons (Fsp3) is 0.645. The molecule has 1 saturated heterocycles. The van der Waals surface area contributed by atoms with Crippen LogP contribution in [0.25, 0.3) is 0 Å². The van der Waals surface area contributed by atoms with E-state index in [0.29, 0.717) is 19.6 Å². The molecule has 3 aliphatic carbocycles. The average Bonchev–Trinajstić information content (AvgIpc) is 3.45. The number of fused-ring (bicyclic) bond motifs is 3. The Morgan fingerprint density at radius 3 is 2.33 bits per heavy atom. The minimum atomic E-state index is -4.91. The smallest absolute Gasteiger partial charge is 0.417 e. The third-order valence-corrected chi connectivity index (χ3v) is 10.2. The molecule has 3 fully saturated rings. The predicted molar refractivity (Wildman–Crippen MR) is 153 cm³/mol. The summed E-state index contributed by atoms with van der Waals surface area (Å²) in [5, 5.41) is 22.7. The molecule has 1 aliphatic heterocycles. The maximum absolute atomic E-state index is 14.8. The third-order valence-electron chi connectivity index (χ3n) is 10.2. The Hall–Kier alpha value is -3.20. The van der Waals surface area contributed by atoms with E-state index in [0.717, 1.165) is 32.0 Å². The lowest BCUT2D eigenvalue weighted by atomic mass is 9.52. The highest BCUT2D eigenvalue weighted by Crippen LogP contribution is 2.52. The number of hydrogen-bond donors (Lipinski definition) is 3. The van der Waals surface area contributed by atoms with Crippen LogP contribution in [0.1, 0.15) is 53.2 Å². The van der Waals surface area contributed by atoms with E-state index in [1.165, 1.54) is 19.0 Å². The number of ketones is 4. The molecule has 246 valence electrons. The van der Waals surface area contributed by atoms with Gasteiger partial charge in [-0.15, -0.1) is 0 Å². The largest absolute Gasteiger partial charge is 0.507 e. The zero-order valence-corrected chi connectivity index (χ0v) is 25.5. The number of likely N-dealkylation sites (N-methyl/N-ethyl adjacent to an activating group) is 2. The Morgan fingerprint density at radius 1 is 1.13 bits per heavy atom. The van der Waals surface area contributed by atoms with Crippen LogP contribution < -0.4 is 5.73 Å². The lowest BCUT2D eigenvalue weighted by Gasteiger charge is -2.52. The van der Waals surface area contributed by atoms with Gasteiger partial charge in [0.1, 0.15) is 5.75 Å². The minimum Gasteiger partial charge on any atom is -0.507 e. The zero-order chi connectivity index (χ0) is 33.2. The summed E-state index contributed by atoms with van der Waals surface area (Å²) in [6.45, 7) is 5.19. The second-order valence-corrected chi connectivity index (χ2v) is 13.0. The van der Waals surface area contributed by atoms with Crippen LogP contribution in [0.15, 0.2) is 6.07 Å². The normalized spacial score (nSPS) is 30.6. The summed E-state index contributed by atoms with van der Waals surface area (Å²) in [5.74, 6) is -13.3. The fourth-order valence-corrected chi connectivity index (χ4v) is 8.10. The topological polar surface area (TPSA) is 162 Å². The second kappa shape index (κ2) is 11.9. The number of aromatic hydroxyl groups is 1. The Bertz CT molecular complexity index is 1440. The maximum atomic E-state index is 14.8. The van der Waals surface area contributed by atoms with E-state index in [4.69, 9.17) is 5.73 Å². The number of carbonyl (C=O) groups excluding carboxylic acids is 5. The molecular formula is C31H39F3N4O7. The van der Waals surface area contributed by atoms with Gasteiger partial charge in [0.15, 0.2) is 34.7 Å². The Balaban J connectivity index is 1.57. The molecule has 1 aromatic carbocycles. The predicted octanol–water partition coefficient (Wildman–Crippen LogP) is 0.804. The summed E-state index contributed by atoms with van der Waals surface area (Å²) in [5.41, 5.74) is -0.00307. The summed E-state index contributed by atoms with van der Waals surface area (Å²) >= 11 is 0. The van der Waals surface area contributed by atoms with Gasteiger partial charge in [-0.2, -0.15) is 13.2 Å². The summed E-state index contributed by atoms with van der Waals surface area (Å²) in [4.78, 5) is 71.9. The van der Waals surface area contributed by atoms with Gasteiger partial charge in [-0.3, -0.25) is 33.8 Å². The van der Waals surface area contributed by atoms with Crippen molar-refractivity contribution in [2.45, 2.75) is 57.0 Å². The van der Waals surface area contributed by atoms with Crippen molar-refractivity contribution in [1.82, 2.24) is 14.7 Å². The molecule has 2 unspecified atom stereocenters. The van der Waals surface area contributed by atoms with Crippen molar-refractivity contribution in [3.63, 3.8) is 0 Å². The number of phenols is 1. The molecule has 11 nitrogen and oxygen atoms in total. The molecule has 1 aromatic rings. The van der Waals surface area contributed by atoms with Gasteiger partial charge in [0.25, 0.3) is 0 Å². The Kier molecular flexibility index (Phi) is 8.75. The van der Waals surface area contributed by atoms with Gasteiger partial charge >= 0.3 is 6.18 Å². The number of rotatable bonds is 8. The van der Waals surface area contributed by atoms with Gasteiger partial charge in [-0.05, 0) is 82.5 Å². The van der Waals surface area contributed by atoms with Crippen LogP contribution in [-0.2, 0) is 38.3 Å². The monoisotopic (exact) mass is 636 g/mol. The second-order valence-electron chi connectivity index (χ2n) is 13.0. The molecule has 0 aromatic heterocycles. The molecule has 4 aliphatic rings. The van der Waals surface area contributed by atoms with E-state index in [1.807, 2.05) is 11.8 Å². The molecule has 2 saturated carbocycles. The van der Waals surface area contributed by atoms with E-state index in [9.17, 15) is 47.4 Å². The highest BCUT2D eigenvalue weighted by atomic mass is 19.4. The fourth-order valence-electron chi connectivity index (χ4n) is 8.10. The number of primary amides is 1. The van der Waals surface area contributed by atoms with Gasteiger partial charge in [0, 0.05) is 25.6 Å². The first-order valence-electron chi connectivity index (χ1n) is 15.3. The quantitative estimate of drug-likeness (QED) is 0.348. The van der Waals surface area contributed by atoms with Crippen molar-refractivity contribution in [2.24, 2.45) is 29.4 Å². The number of alkyl halides is 3. The number of phenolic OH excluding ortho intramolecular Hbond substituents is 1. The molecule has 5 rings (SSSR count). The number of aliphatic hydroxyl groups is 1. The molecule has 1 amide bonds. The summed E-state index contributed by atoms with van der Waals surface area (Å²) in [6.07, 6.45) is -3.55. The zero-order valence-electron chi connectivity index (χ0n) is 25.5.